The van der Waals surface area contributed by atoms with Crippen LogP contribution in [0, 0.1) is 5.41 Å². The number of carbonyl (C=O) groups is 2. The van der Waals surface area contributed by atoms with E-state index in [1.54, 1.807) is 0 Å². The summed E-state index contributed by atoms with van der Waals surface area (Å²) in [5.74, 6) is 0.0428. The number of nitrogens with one attached hydrogen (secondary N) is 1. The highest BCUT2D eigenvalue weighted by molar-refractivity contribution is 5.94. The van der Waals surface area contributed by atoms with E-state index in [0.29, 0.717) is 13.0 Å². The highest BCUT2D eigenvalue weighted by atomic mass is 35.5. The van der Waals surface area contributed by atoms with E-state index in [1.165, 1.54) is 0 Å². The lowest BCUT2D eigenvalue weighted by atomic mass is 9.87. The molecule has 1 aromatic carbocycles. The highest BCUT2D eigenvalue weighted by Gasteiger charge is 2.27. The molecule has 3 N–H and O–H groups in total. The molecule has 1 aliphatic heterocycles. The summed E-state index contributed by atoms with van der Waals surface area (Å²) >= 11 is 0. The Morgan fingerprint density at radius 1 is 1.25 bits per heavy atom. The number of carbonyl (C=O) groups excluding carboxylic acids is 2. The fourth-order valence-corrected chi connectivity index (χ4v) is 2.57. The van der Waals surface area contributed by atoms with E-state index in [9.17, 15) is 9.59 Å². The topological polar surface area (TPSA) is 75.4 Å². The summed E-state index contributed by atoms with van der Waals surface area (Å²) in [6.07, 6.45) is 2.66. The third-order valence-corrected chi connectivity index (χ3v) is 4.25. The largest absolute Gasteiger partial charge is 0.351 e. The van der Waals surface area contributed by atoms with Crippen LogP contribution in [0.4, 0.5) is 5.69 Å². The van der Waals surface area contributed by atoms with Crippen LogP contribution >= 0.6 is 12.4 Å². The summed E-state index contributed by atoms with van der Waals surface area (Å²) in [7, 11) is 0. The number of anilines is 1. The zero-order valence-corrected chi connectivity index (χ0v) is 15.5. The molecule has 0 spiro atoms. The normalized spacial score (nSPS) is 16.3. The average Bonchev–Trinajstić information content (AvgIpc) is 2.52. The predicted molar refractivity (Wildman–Crippen MR) is 99.2 cm³/mol. The molecule has 1 atom stereocenters. The van der Waals surface area contributed by atoms with E-state index in [0.717, 1.165) is 30.6 Å². The van der Waals surface area contributed by atoms with Crippen molar-refractivity contribution in [3.8, 4) is 0 Å². The molecule has 6 heteroatoms. The van der Waals surface area contributed by atoms with Crippen molar-refractivity contribution in [1.29, 1.82) is 0 Å². The summed E-state index contributed by atoms with van der Waals surface area (Å²) in [4.78, 5) is 25.8. The Balaban J connectivity index is 0.00000288. The van der Waals surface area contributed by atoms with E-state index >= 15 is 0 Å². The predicted octanol–water partition coefficient (Wildman–Crippen LogP) is 2.61. The number of piperidine rings is 1. The van der Waals surface area contributed by atoms with E-state index in [-0.39, 0.29) is 29.6 Å². The molecule has 0 bridgehead atoms. The number of rotatable bonds is 4. The second-order valence-electron chi connectivity index (χ2n) is 7.23. The standard InChI is InChI=1S/C18H27N3O2.ClH/c1-18(2,3)16(19)17(23)20-12-13-7-9-14(10-8-13)21-11-5-4-6-15(21)22;/h7-10,16H,4-6,11-12,19H2,1-3H3,(H,20,23);1H/t16-;/m1./s1. The SMILES string of the molecule is CC(C)(C)[C@H](N)C(=O)NCc1ccc(N2CCCCC2=O)cc1.Cl. The van der Waals surface area contributed by atoms with Gasteiger partial charge in [-0.15, -0.1) is 12.4 Å². The summed E-state index contributed by atoms with van der Waals surface area (Å²) in [6.45, 7) is 7.07. The minimum absolute atomic E-state index is 0. The van der Waals surface area contributed by atoms with Crippen LogP contribution < -0.4 is 16.0 Å². The van der Waals surface area contributed by atoms with Gasteiger partial charge in [-0.1, -0.05) is 32.9 Å². The lowest BCUT2D eigenvalue weighted by molar-refractivity contribution is -0.124. The van der Waals surface area contributed by atoms with Gasteiger partial charge in [0, 0.05) is 25.2 Å². The zero-order chi connectivity index (χ0) is 17.0. The fourth-order valence-electron chi connectivity index (χ4n) is 2.57. The van der Waals surface area contributed by atoms with Crippen molar-refractivity contribution < 1.29 is 9.59 Å². The van der Waals surface area contributed by atoms with E-state index in [2.05, 4.69) is 5.32 Å². The summed E-state index contributed by atoms with van der Waals surface area (Å²) in [5, 5.41) is 2.87. The number of hydrogen-bond donors (Lipinski definition) is 2. The first kappa shape index (κ1) is 20.5. The lowest BCUT2D eigenvalue weighted by Crippen LogP contribution is -2.48. The van der Waals surface area contributed by atoms with Gasteiger partial charge in [0.15, 0.2) is 0 Å². The third kappa shape index (κ3) is 5.21. The molecule has 0 unspecified atom stereocenters. The molecule has 1 aliphatic rings. The van der Waals surface area contributed by atoms with Gasteiger partial charge >= 0.3 is 0 Å². The van der Waals surface area contributed by atoms with Crippen LogP contribution in [0.5, 0.6) is 0 Å². The van der Waals surface area contributed by atoms with Crippen molar-refractivity contribution in [2.24, 2.45) is 11.1 Å². The number of halogens is 1. The molecule has 2 amide bonds. The second kappa shape index (κ2) is 8.49. The van der Waals surface area contributed by atoms with E-state index < -0.39 is 6.04 Å². The second-order valence-corrected chi connectivity index (χ2v) is 7.23. The molecule has 1 aromatic rings. The van der Waals surface area contributed by atoms with Crippen LogP contribution in [0.15, 0.2) is 24.3 Å². The first-order valence-corrected chi connectivity index (χ1v) is 8.21. The molecule has 5 nitrogen and oxygen atoms in total. The maximum atomic E-state index is 12.0. The Kier molecular flexibility index (Phi) is 7.24. The average molecular weight is 354 g/mol. The summed E-state index contributed by atoms with van der Waals surface area (Å²) < 4.78 is 0. The Morgan fingerprint density at radius 3 is 2.42 bits per heavy atom. The van der Waals surface area contributed by atoms with Crippen molar-refractivity contribution in [3.05, 3.63) is 29.8 Å². The molecular formula is C18H28ClN3O2. The number of nitrogens with zero attached hydrogens (tertiary/aromatic N) is 1. The van der Waals surface area contributed by atoms with Crippen molar-refractivity contribution in [3.63, 3.8) is 0 Å². The van der Waals surface area contributed by atoms with Crippen LogP contribution in [-0.2, 0) is 16.1 Å². The number of amides is 2. The molecule has 1 saturated heterocycles. The molecular weight excluding hydrogens is 326 g/mol. The highest BCUT2D eigenvalue weighted by Crippen LogP contribution is 2.21. The Bertz CT molecular complexity index is 567. The maximum Gasteiger partial charge on any atom is 0.237 e. The quantitative estimate of drug-likeness (QED) is 0.873. The summed E-state index contributed by atoms with van der Waals surface area (Å²) in [6, 6.07) is 7.23. The Hall–Kier alpha value is -1.59. The zero-order valence-electron chi connectivity index (χ0n) is 14.7. The van der Waals surface area contributed by atoms with E-state index in [1.807, 2.05) is 49.9 Å². The number of hydrogen-bond acceptors (Lipinski definition) is 3. The summed E-state index contributed by atoms with van der Waals surface area (Å²) in [5.41, 5.74) is 7.60. The van der Waals surface area contributed by atoms with Crippen LogP contribution in [0.3, 0.4) is 0 Å². The third-order valence-electron chi connectivity index (χ3n) is 4.25. The Labute approximate surface area is 150 Å². The van der Waals surface area contributed by atoms with Gasteiger partial charge < -0.3 is 16.0 Å². The molecule has 24 heavy (non-hydrogen) atoms. The smallest absolute Gasteiger partial charge is 0.237 e. The first-order valence-electron chi connectivity index (χ1n) is 8.21. The van der Waals surface area contributed by atoms with Gasteiger partial charge in [0.05, 0.1) is 6.04 Å². The van der Waals surface area contributed by atoms with Crippen LogP contribution in [-0.4, -0.2) is 24.4 Å². The fraction of sp³-hybridized carbons (Fsp3) is 0.556. The van der Waals surface area contributed by atoms with Gasteiger partial charge in [-0.05, 0) is 36.0 Å². The van der Waals surface area contributed by atoms with Crippen molar-refractivity contribution in [2.45, 2.75) is 52.6 Å². The van der Waals surface area contributed by atoms with Gasteiger partial charge in [0.25, 0.3) is 0 Å². The molecule has 1 heterocycles. The number of benzene rings is 1. The van der Waals surface area contributed by atoms with Crippen molar-refractivity contribution >= 4 is 29.9 Å². The molecule has 0 saturated carbocycles. The molecule has 1 fully saturated rings. The van der Waals surface area contributed by atoms with E-state index in [4.69, 9.17) is 5.73 Å². The molecule has 0 radical (unpaired) electrons. The van der Waals surface area contributed by atoms with Gasteiger partial charge in [0.2, 0.25) is 11.8 Å². The minimum Gasteiger partial charge on any atom is -0.351 e. The Morgan fingerprint density at radius 2 is 1.88 bits per heavy atom. The van der Waals surface area contributed by atoms with Crippen LogP contribution in [0.1, 0.15) is 45.6 Å². The lowest BCUT2D eigenvalue weighted by Gasteiger charge is -2.27. The molecule has 2 rings (SSSR count). The molecule has 134 valence electrons. The van der Waals surface area contributed by atoms with Gasteiger partial charge in [-0.2, -0.15) is 0 Å². The molecule has 0 aliphatic carbocycles. The van der Waals surface area contributed by atoms with Gasteiger partial charge in [0.1, 0.15) is 0 Å². The first-order chi connectivity index (χ1) is 10.8. The number of nitrogens with two attached hydrogens (primary N) is 1. The van der Waals surface area contributed by atoms with Crippen molar-refractivity contribution in [2.75, 3.05) is 11.4 Å². The van der Waals surface area contributed by atoms with Crippen molar-refractivity contribution in [1.82, 2.24) is 5.32 Å². The minimum atomic E-state index is -0.534. The monoisotopic (exact) mass is 353 g/mol. The van der Waals surface area contributed by atoms with Crippen LogP contribution in [0.25, 0.3) is 0 Å². The van der Waals surface area contributed by atoms with Crippen LogP contribution in [0.2, 0.25) is 0 Å². The maximum absolute atomic E-state index is 12.0. The molecule has 0 aromatic heterocycles. The van der Waals surface area contributed by atoms with Gasteiger partial charge in [-0.3, -0.25) is 9.59 Å². The van der Waals surface area contributed by atoms with Gasteiger partial charge in [-0.25, -0.2) is 0 Å².